The number of nitrogens with zero attached hydrogens (tertiary/aromatic N) is 1. The van der Waals surface area contributed by atoms with E-state index in [1.54, 1.807) is 6.92 Å². The molecule has 3 nitrogen and oxygen atoms in total. The summed E-state index contributed by atoms with van der Waals surface area (Å²) in [5.74, 6) is -0.0283. The van der Waals surface area contributed by atoms with Gasteiger partial charge in [-0.1, -0.05) is 26.2 Å². The predicted molar refractivity (Wildman–Crippen MR) is 56.3 cm³/mol. The second-order valence-corrected chi connectivity index (χ2v) is 4.59. The summed E-state index contributed by atoms with van der Waals surface area (Å²) in [6.07, 6.45) is 5.38. The van der Waals surface area contributed by atoms with Crippen LogP contribution < -0.4 is 0 Å². The average Bonchev–Trinajstić information content (AvgIpc) is 2.00. The summed E-state index contributed by atoms with van der Waals surface area (Å²) in [7, 11) is 2.01. The highest BCUT2D eigenvalue weighted by molar-refractivity contribution is 5.69. The molecule has 0 bridgehead atoms. The second kappa shape index (κ2) is 5.35. The third-order valence-corrected chi connectivity index (χ3v) is 3.15. The molecule has 1 saturated carbocycles. The van der Waals surface area contributed by atoms with Crippen LogP contribution in [0.2, 0.25) is 0 Å². The topological polar surface area (TPSA) is 40.5 Å². The van der Waals surface area contributed by atoms with E-state index in [-0.39, 0.29) is 5.92 Å². The first kappa shape index (κ1) is 11.5. The van der Waals surface area contributed by atoms with E-state index >= 15 is 0 Å². The molecule has 1 atom stereocenters. The number of hydrogen-bond donors (Lipinski definition) is 1. The van der Waals surface area contributed by atoms with E-state index in [1.165, 1.54) is 25.7 Å². The van der Waals surface area contributed by atoms with Gasteiger partial charge in [-0.2, -0.15) is 0 Å². The highest BCUT2D eigenvalue weighted by Crippen LogP contribution is 2.29. The van der Waals surface area contributed by atoms with Gasteiger partial charge in [0.1, 0.15) is 0 Å². The lowest BCUT2D eigenvalue weighted by molar-refractivity contribution is -0.141. The van der Waals surface area contributed by atoms with Crippen molar-refractivity contribution in [3.8, 4) is 0 Å². The Hall–Kier alpha value is -0.570. The van der Waals surface area contributed by atoms with Crippen molar-refractivity contribution >= 4 is 5.97 Å². The molecule has 1 fully saturated rings. The van der Waals surface area contributed by atoms with Crippen molar-refractivity contribution in [1.29, 1.82) is 0 Å². The van der Waals surface area contributed by atoms with E-state index in [9.17, 15) is 4.79 Å². The van der Waals surface area contributed by atoms with E-state index in [2.05, 4.69) is 4.90 Å². The normalized spacial score (nSPS) is 19.4. The van der Waals surface area contributed by atoms with E-state index in [4.69, 9.17) is 5.11 Å². The van der Waals surface area contributed by atoms with Crippen LogP contribution in [-0.2, 0) is 4.79 Å². The first-order valence-corrected chi connectivity index (χ1v) is 5.51. The first-order valence-electron chi connectivity index (χ1n) is 5.51. The number of carbonyl (C=O) groups is 1. The van der Waals surface area contributed by atoms with Crippen LogP contribution in [0.4, 0.5) is 0 Å². The summed E-state index contributed by atoms with van der Waals surface area (Å²) < 4.78 is 0. The fourth-order valence-corrected chi connectivity index (χ4v) is 1.82. The van der Waals surface area contributed by atoms with Gasteiger partial charge in [-0.15, -0.1) is 0 Å². The maximum absolute atomic E-state index is 10.6. The molecule has 0 radical (unpaired) electrons. The molecule has 1 rings (SSSR count). The van der Waals surface area contributed by atoms with Gasteiger partial charge in [0, 0.05) is 6.54 Å². The van der Waals surface area contributed by atoms with Crippen molar-refractivity contribution in [1.82, 2.24) is 4.90 Å². The smallest absolute Gasteiger partial charge is 0.307 e. The Morgan fingerprint density at radius 3 is 2.64 bits per heavy atom. The molecular formula is C11H21NO2. The molecule has 1 aliphatic rings. The van der Waals surface area contributed by atoms with Crippen LogP contribution in [-0.4, -0.2) is 36.1 Å². The van der Waals surface area contributed by atoms with Crippen LogP contribution >= 0.6 is 0 Å². The Bertz CT molecular complexity index is 190. The monoisotopic (exact) mass is 199 g/mol. The third kappa shape index (κ3) is 3.66. The zero-order chi connectivity index (χ0) is 10.6. The Kier molecular flexibility index (Phi) is 4.39. The van der Waals surface area contributed by atoms with Crippen molar-refractivity contribution in [2.45, 2.75) is 32.6 Å². The fraction of sp³-hybridized carbons (Fsp3) is 0.909. The molecule has 0 heterocycles. The van der Waals surface area contributed by atoms with Crippen LogP contribution in [0.1, 0.15) is 32.6 Å². The number of aliphatic carboxylic acids is 1. The highest BCUT2D eigenvalue weighted by atomic mass is 16.4. The average molecular weight is 199 g/mol. The van der Waals surface area contributed by atoms with Gasteiger partial charge in [-0.25, -0.2) is 0 Å². The zero-order valence-electron chi connectivity index (χ0n) is 9.20. The lowest BCUT2D eigenvalue weighted by Gasteiger charge is -2.28. The Morgan fingerprint density at radius 1 is 1.57 bits per heavy atom. The minimum atomic E-state index is -0.694. The van der Waals surface area contributed by atoms with Crippen molar-refractivity contribution in [2.75, 3.05) is 20.1 Å². The molecule has 1 aliphatic carbocycles. The number of hydrogen-bond acceptors (Lipinski definition) is 2. The van der Waals surface area contributed by atoms with E-state index in [1.807, 2.05) is 7.05 Å². The molecule has 0 aromatic heterocycles. The molecule has 1 unspecified atom stereocenters. The fourth-order valence-electron chi connectivity index (χ4n) is 1.82. The summed E-state index contributed by atoms with van der Waals surface area (Å²) in [4.78, 5) is 12.7. The van der Waals surface area contributed by atoms with Gasteiger partial charge >= 0.3 is 5.97 Å². The van der Waals surface area contributed by atoms with Crippen molar-refractivity contribution in [3.05, 3.63) is 0 Å². The second-order valence-electron chi connectivity index (χ2n) is 4.59. The Balaban J connectivity index is 2.08. The van der Waals surface area contributed by atoms with Gasteiger partial charge in [-0.05, 0) is 25.9 Å². The van der Waals surface area contributed by atoms with Crippen molar-refractivity contribution in [2.24, 2.45) is 11.8 Å². The molecule has 0 aliphatic heterocycles. The Labute approximate surface area is 86.1 Å². The molecule has 14 heavy (non-hydrogen) atoms. The lowest BCUT2D eigenvalue weighted by atomic mass is 9.83. The lowest BCUT2D eigenvalue weighted by Crippen LogP contribution is -2.31. The van der Waals surface area contributed by atoms with Gasteiger partial charge in [0.05, 0.1) is 5.92 Å². The first-order chi connectivity index (χ1) is 6.59. The van der Waals surface area contributed by atoms with Gasteiger partial charge < -0.3 is 10.0 Å². The van der Waals surface area contributed by atoms with Crippen molar-refractivity contribution in [3.63, 3.8) is 0 Å². The van der Waals surface area contributed by atoms with Crippen LogP contribution in [0.5, 0.6) is 0 Å². The van der Waals surface area contributed by atoms with E-state index < -0.39 is 5.97 Å². The molecule has 1 N–H and O–H groups in total. The molecule has 3 heteroatoms. The highest BCUT2D eigenvalue weighted by Gasteiger charge is 2.18. The number of carboxylic acids is 1. The van der Waals surface area contributed by atoms with Gasteiger partial charge in [0.25, 0.3) is 0 Å². The molecule has 82 valence electrons. The molecule has 0 aromatic rings. The largest absolute Gasteiger partial charge is 0.481 e. The summed E-state index contributed by atoms with van der Waals surface area (Å²) in [6.45, 7) is 3.48. The SMILES string of the molecule is CC(CN(C)CCC1CCC1)C(=O)O. The third-order valence-electron chi connectivity index (χ3n) is 3.15. The minimum Gasteiger partial charge on any atom is -0.481 e. The van der Waals surface area contributed by atoms with Crippen LogP contribution in [0.25, 0.3) is 0 Å². The Morgan fingerprint density at radius 2 is 2.21 bits per heavy atom. The maximum Gasteiger partial charge on any atom is 0.307 e. The predicted octanol–water partition coefficient (Wildman–Crippen LogP) is 1.83. The summed E-state index contributed by atoms with van der Waals surface area (Å²) in [6, 6.07) is 0. The molecular weight excluding hydrogens is 178 g/mol. The molecule has 0 aromatic carbocycles. The summed E-state index contributed by atoms with van der Waals surface area (Å²) in [5.41, 5.74) is 0. The maximum atomic E-state index is 10.6. The van der Waals surface area contributed by atoms with Crippen LogP contribution in [0, 0.1) is 11.8 Å². The van der Waals surface area contributed by atoms with Crippen LogP contribution in [0.3, 0.4) is 0 Å². The summed E-state index contributed by atoms with van der Waals surface area (Å²) >= 11 is 0. The van der Waals surface area contributed by atoms with Gasteiger partial charge in [-0.3, -0.25) is 4.79 Å². The molecule has 0 amide bonds. The van der Waals surface area contributed by atoms with E-state index in [0.717, 1.165) is 12.5 Å². The molecule has 0 saturated heterocycles. The molecule has 0 spiro atoms. The minimum absolute atomic E-state index is 0.249. The zero-order valence-corrected chi connectivity index (χ0v) is 9.20. The van der Waals surface area contributed by atoms with Crippen molar-refractivity contribution < 1.29 is 9.90 Å². The van der Waals surface area contributed by atoms with Crippen LogP contribution in [0.15, 0.2) is 0 Å². The van der Waals surface area contributed by atoms with E-state index in [0.29, 0.717) is 6.54 Å². The van der Waals surface area contributed by atoms with Gasteiger partial charge in [0.15, 0.2) is 0 Å². The van der Waals surface area contributed by atoms with Gasteiger partial charge in [0.2, 0.25) is 0 Å². The quantitative estimate of drug-likeness (QED) is 0.709. The standard InChI is InChI=1S/C11H21NO2/c1-9(11(13)14)8-12(2)7-6-10-4-3-5-10/h9-10H,3-8H2,1-2H3,(H,13,14). The summed E-state index contributed by atoms with van der Waals surface area (Å²) in [5, 5.41) is 8.74. The number of rotatable bonds is 6. The number of carboxylic acid groups (broad SMARTS) is 1.